The third-order valence-corrected chi connectivity index (χ3v) is 4.82. The minimum atomic E-state index is 0.648. The predicted molar refractivity (Wildman–Crippen MR) is 95.6 cm³/mol. The third-order valence-electron chi connectivity index (χ3n) is 4.82. The molecule has 3 rings (SSSR count). The molecule has 0 aromatic heterocycles. The largest absolute Gasteiger partial charge is 0.378 e. The lowest BCUT2D eigenvalue weighted by Gasteiger charge is -2.26. The van der Waals surface area contributed by atoms with Crippen LogP contribution in [0.25, 0.3) is 11.1 Å². The summed E-state index contributed by atoms with van der Waals surface area (Å²) in [5, 5.41) is 0. The number of fused-ring (bicyclic) bond motifs is 1. The molecule has 116 valence electrons. The van der Waals surface area contributed by atoms with Crippen LogP contribution < -0.4 is 10.6 Å². The Morgan fingerprint density at radius 1 is 1.05 bits per heavy atom. The van der Waals surface area contributed by atoms with E-state index in [2.05, 4.69) is 61.5 Å². The molecule has 0 amide bonds. The molecule has 0 spiro atoms. The first kappa shape index (κ1) is 15.1. The van der Waals surface area contributed by atoms with Gasteiger partial charge in [-0.2, -0.15) is 0 Å². The van der Waals surface area contributed by atoms with Crippen molar-refractivity contribution in [1.82, 2.24) is 0 Å². The normalized spacial score (nSPS) is 17.1. The van der Waals surface area contributed by atoms with Crippen LogP contribution >= 0.6 is 0 Å². The molecule has 1 unspecified atom stereocenters. The maximum atomic E-state index is 5.81. The molecule has 22 heavy (non-hydrogen) atoms. The number of nitrogens with two attached hydrogens (primary N) is 1. The van der Waals surface area contributed by atoms with Gasteiger partial charge < -0.3 is 10.6 Å². The number of aryl methyl sites for hydroxylation is 1. The summed E-state index contributed by atoms with van der Waals surface area (Å²) in [6.45, 7) is 0.784. The number of nitrogens with zero attached hydrogens (tertiary/aromatic N) is 1. The van der Waals surface area contributed by atoms with Crippen molar-refractivity contribution in [1.29, 1.82) is 0 Å². The summed E-state index contributed by atoms with van der Waals surface area (Å²) in [5.74, 6) is 0.648. The fourth-order valence-electron chi connectivity index (χ4n) is 3.53. The molecule has 2 aromatic carbocycles. The number of benzene rings is 2. The van der Waals surface area contributed by atoms with Gasteiger partial charge >= 0.3 is 0 Å². The molecule has 2 aromatic rings. The van der Waals surface area contributed by atoms with E-state index in [9.17, 15) is 0 Å². The maximum absolute atomic E-state index is 5.81. The molecule has 0 radical (unpaired) electrons. The zero-order valence-electron chi connectivity index (χ0n) is 13.7. The van der Waals surface area contributed by atoms with Gasteiger partial charge in [0.2, 0.25) is 0 Å². The summed E-state index contributed by atoms with van der Waals surface area (Å²) in [4.78, 5) is 2.13. The van der Waals surface area contributed by atoms with Gasteiger partial charge in [0, 0.05) is 19.8 Å². The van der Waals surface area contributed by atoms with Gasteiger partial charge in [-0.05, 0) is 72.5 Å². The molecule has 0 heterocycles. The quantitative estimate of drug-likeness (QED) is 0.916. The van der Waals surface area contributed by atoms with E-state index >= 15 is 0 Å². The minimum Gasteiger partial charge on any atom is -0.378 e. The third kappa shape index (κ3) is 3.02. The van der Waals surface area contributed by atoms with Crippen molar-refractivity contribution in [2.75, 3.05) is 25.5 Å². The van der Waals surface area contributed by atoms with E-state index in [1.807, 2.05) is 0 Å². The lowest BCUT2D eigenvalue weighted by molar-refractivity contribution is 0.526. The second-order valence-corrected chi connectivity index (χ2v) is 6.52. The predicted octanol–water partition coefficient (Wildman–Crippen LogP) is 4.19. The van der Waals surface area contributed by atoms with Gasteiger partial charge in [-0.1, -0.05) is 30.3 Å². The van der Waals surface area contributed by atoms with Crippen molar-refractivity contribution in [3.8, 4) is 11.1 Å². The van der Waals surface area contributed by atoms with Gasteiger partial charge in [0.05, 0.1) is 0 Å². The fraction of sp³-hybridized carbons (Fsp3) is 0.400. The average Bonchev–Trinajstić information content (AvgIpc) is 2.55. The van der Waals surface area contributed by atoms with Crippen LogP contribution in [0.2, 0.25) is 0 Å². The van der Waals surface area contributed by atoms with Gasteiger partial charge in [0.1, 0.15) is 0 Å². The van der Waals surface area contributed by atoms with Gasteiger partial charge in [-0.15, -0.1) is 0 Å². The highest BCUT2D eigenvalue weighted by Gasteiger charge is 2.20. The monoisotopic (exact) mass is 294 g/mol. The number of rotatable bonds is 4. The summed E-state index contributed by atoms with van der Waals surface area (Å²) in [6.07, 6.45) is 4.91. The van der Waals surface area contributed by atoms with Crippen molar-refractivity contribution in [3.05, 3.63) is 53.6 Å². The second kappa shape index (κ2) is 6.53. The molecule has 0 saturated heterocycles. The van der Waals surface area contributed by atoms with E-state index in [1.165, 1.54) is 47.2 Å². The van der Waals surface area contributed by atoms with Gasteiger partial charge in [-0.3, -0.25) is 0 Å². The molecular weight excluding hydrogens is 268 g/mol. The van der Waals surface area contributed by atoms with E-state index in [0.29, 0.717) is 5.92 Å². The van der Waals surface area contributed by atoms with Crippen LogP contribution in [-0.2, 0) is 6.42 Å². The molecule has 1 atom stereocenters. The first-order valence-electron chi connectivity index (χ1n) is 8.29. The molecule has 2 nitrogen and oxygen atoms in total. The topological polar surface area (TPSA) is 29.3 Å². The van der Waals surface area contributed by atoms with Crippen LogP contribution in [-0.4, -0.2) is 20.6 Å². The average molecular weight is 294 g/mol. The summed E-state index contributed by atoms with van der Waals surface area (Å²) in [7, 11) is 4.15. The zero-order chi connectivity index (χ0) is 15.5. The van der Waals surface area contributed by atoms with E-state index in [0.717, 1.165) is 13.0 Å². The van der Waals surface area contributed by atoms with E-state index in [1.54, 1.807) is 0 Å². The maximum Gasteiger partial charge on any atom is 0.0361 e. The fourth-order valence-corrected chi connectivity index (χ4v) is 3.53. The Bertz CT molecular complexity index is 629. The SMILES string of the molecule is CN(C)c1ccc(-c2ccc3c(c2)C(CCN)CCC3)cc1. The first-order valence-corrected chi connectivity index (χ1v) is 8.29. The van der Waals surface area contributed by atoms with Crippen molar-refractivity contribution in [2.45, 2.75) is 31.6 Å². The Morgan fingerprint density at radius 2 is 1.77 bits per heavy atom. The summed E-state index contributed by atoms with van der Waals surface area (Å²) < 4.78 is 0. The Balaban J connectivity index is 1.93. The van der Waals surface area contributed by atoms with E-state index in [-0.39, 0.29) is 0 Å². The van der Waals surface area contributed by atoms with Crippen molar-refractivity contribution in [2.24, 2.45) is 5.73 Å². The van der Waals surface area contributed by atoms with Crippen LogP contribution in [0.1, 0.15) is 36.3 Å². The Kier molecular flexibility index (Phi) is 4.49. The molecule has 0 fully saturated rings. The van der Waals surface area contributed by atoms with E-state index < -0.39 is 0 Å². The molecule has 2 N–H and O–H groups in total. The molecule has 0 saturated carbocycles. The highest BCUT2D eigenvalue weighted by Crippen LogP contribution is 2.36. The Morgan fingerprint density at radius 3 is 2.45 bits per heavy atom. The molecule has 1 aliphatic rings. The highest BCUT2D eigenvalue weighted by molar-refractivity contribution is 5.68. The molecule has 1 aliphatic carbocycles. The first-order chi connectivity index (χ1) is 10.7. The van der Waals surface area contributed by atoms with E-state index in [4.69, 9.17) is 5.73 Å². The Hall–Kier alpha value is -1.80. The second-order valence-electron chi connectivity index (χ2n) is 6.52. The lowest BCUT2D eigenvalue weighted by Crippen LogP contribution is -2.14. The number of anilines is 1. The lowest BCUT2D eigenvalue weighted by atomic mass is 9.80. The van der Waals surface area contributed by atoms with Gasteiger partial charge in [0.15, 0.2) is 0 Å². The van der Waals surface area contributed by atoms with Gasteiger partial charge in [0.25, 0.3) is 0 Å². The molecule has 0 aliphatic heterocycles. The van der Waals surface area contributed by atoms with Crippen LogP contribution in [0, 0.1) is 0 Å². The zero-order valence-corrected chi connectivity index (χ0v) is 13.7. The van der Waals surface area contributed by atoms with Gasteiger partial charge in [-0.25, -0.2) is 0 Å². The van der Waals surface area contributed by atoms with Crippen molar-refractivity contribution >= 4 is 5.69 Å². The van der Waals surface area contributed by atoms with Crippen LogP contribution in [0.15, 0.2) is 42.5 Å². The molecular formula is C20H26N2. The number of hydrogen-bond donors (Lipinski definition) is 1. The smallest absolute Gasteiger partial charge is 0.0361 e. The van der Waals surface area contributed by atoms with Crippen LogP contribution in [0.5, 0.6) is 0 Å². The summed E-state index contributed by atoms with van der Waals surface area (Å²) >= 11 is 0. The van der Waals surface area contributed by atoms with Crippen LogP contribution in [0.4, 0.5) is 5.69 Å². The standard InChI is InChI=1S/C20H26N2/c1-22(2)19-10-8-15(9-11-19)18-7-6-16-4-3-5-17(12-13-21)20(16)14-18/h6-11,14,17H,3-5,12-13,21H2,1-2H3. The summed E-state index contributed by atoms with van der Waals surface area (Å²) in [6, 6.07) is 15.8. The van der Waals surface area contributed by atoms with Crippen LogP contribution in [0.3, 0.4) is 0 Å². The van der Waals surface area contributed by atoms with Crippen molar-refractivity contribution < 1.29 is 0 Å². The minimum absolute atomic E-state index is 0.648. The molecule has 2 heteroatoms. The highest BCUT2D eigenvalue weighted by atomic mass is 15.1. The summed E-state index contributed by atoms with van der Waals surface area (Å²) in [5.41, 5.74) is 12.7. The Labute approximate surface area is 134 Å². The number of hydrogen-bond acceptors (Lipinski definition) is 2. The molecule has 0 bridgehead atoms. The van der Waals surface area contributed by atoms with Crippen molar-refractivity contribution in [3.63, 3.8) is 0 Å².